The molecule has 0 spiro atoms. The Kier molecular flexibility index (Phi) is 5.17. The lowest BCUT2D eigenvalue weighted by atomic mass is 10.2. The monoisotopic (exact) mass is 364 g/mol. The zero-order valence-corrected chi connectivity index (χ0v) is 11.1. The predicted octanol–water partition coefficient (Wildman–Crippen LogP) is 4.56. The van der Waals surface area contributed by atoms with Gasteiger partial charge >= 0.3 is 6.18 Å². The van der Waals surface area contributed by atoms with Gasteiger partial charge in [0.05, 0.1) is 17.2 Å². The lowest BCUT2D eigenvalue weighted by molar-refractivity contribution is -0.137. The largest absolute Gasteiger partial charge is 0.492 e. The van der Waals surface area contributed by atoms with Crippen LogP contribution in [0.15, 0.2) is 18.2 Å². The van der Waals surface area contributed by atoms with Crippen LogP contribution in [-0.2, 0) is 6.18 Å². The van der Waals surface area contributed by atoms with E-state index in [-0.39, 0.29) is 10.8 Å². The number of rotatable bonds is 4. The topological polar surface area (TPSA) is 9.23 Å². The molecule has 0 saturated heterocycles. The highest BCUT2D eigenvalue weighted by atomic mass is 127. The molecule has 0 saturated carbocycles. The molecular weight excluding hydrogens is 355 g/mol. The van der Waals surface area contributed by atoms with Crippen LogP contribution in [0.2, 0.25) is 5.02 Å². The first-order valence-electron chi connectivity index (χ1n) is 4.50. The standard InChI is InChI=1S/C10H9ClF3IO/c11-8-3-2-7(10(12,13)14)6-9(8)16-5-1-4-15/h2-3,6H,1,4-5H2. The number of benzene rings is 1. The molecule has 16 heavy (non-hydrogen) atoms. The average Bonchev–Trinajstić information content (AvgIpc) is 2.19. The second-order valence-electron chi connectivity index (χ2n) is 3.03. The van der Waals surface area contributed by atoms with Crippen molar-refractivity contribution in [3.8, 4) is 5.75 Å². The van der Waals surface area contributed by atoms with Crippen LogP contribution >= 0.6 is 34.2 Å². The molecule has 0 N–H and O–H groups in total. The summed E-state index contributed by atoms with van der Waals surface area (Å²) < 4.78 is 43.2. The van der Waals surface area contributed by atoms with Crippen LogP contribution in [0, 0.1) is 0 Å². The molecule has 90 valence electrons. The summed E-state index contributed by atoms with van der Waals surface area (Å²) in [6.07, 6.45) is -3.60. The van der Waals surface area contributed by atoms with Gasteiger partial charge in [0, 0.05) is 4.43 Å². The van der Waals surface area contributed by atoms with Crippen molar-refractivity contribution >= 4 is 34.2 Å². The van der Waals surface area contributed by atoms with Gasteiger partial charge in [-0.1, -0.05) is 34.2 Å². The molecule has 0 unspecified atom stereocenters. The Morgan fingerprint density at radius 2 is 2.00 bits per heavy atom. The zero-order chi connectivity index (χ0) is 12.2. The third-order valence-electron chi connectivity index (χ3n) is 1.79. The minimum Gasteiger partial charge on any atom is -0.492 e. The Morgan fingerprint density at radius 1 is 1.31 bits per heavy atom. The molecule has 0 heterocycles. The fourth-order valence-electron chi connectivity index (χ4n) is 1.03. The summed E-state index contributed by atoms with van der Waals surface area (Å²) in [6.45, 7) is 0.365. The average molecular weight is 365 g/mol. The van der Waals surface area contributed by atoms with Gasteiger partial charge in [-0.15, -0.1) is 0 Å². The highest BCUT2D eigenvalue weighted by molar-refractivity contribution is 14.1. The molecule has 0 radical (unpaired) electrons. The van der Waals surface area contributed by atoms with Crippen LogP contribution in [0.5, 0.6) is 5.75 Å². The van der Waals surface area contributed by atoms with Crippen molar-refractivity contribution in [1.29, 1.82) is 0 Å². The SMILES string of the molecule is FC(F)(F)c1ccc(Cl)c(OCCCI)c1. The van der Waals surface area contributed by atoms with Crippen LogP contribution in [0.4, 0.5) is 13.2 Å². The van der Waals surface area contributed by atoms with Crippen LogP contribution < -0.4 is 4.74 Å². The summed E-state index contributed by atoms with van der Waals surface area (Å²) in [5.74, 6) is 0.0846. The van der Waals surface area contributed by atoms with Gasteiger partial charge in [-0.2, -0.15) is 13.2 Å². The molecule has 1 aromatic rings. The van der Waals surface area contributed by atoms with E-state index in [4.69, 9.17) is 16.3 Å². The fraction of sp³-hybridized carbons (Fsp3) is 0.400. The maximum Gasteiger partial charge on any atom is 0.416 e. The minimum atomic E-state index is -4.37. The Bertz CT molecular complexity index is 354. The number of alkyl halides is 4. The Morgan fingerprint density at radius 3 is 2.56 bits per heavy atom. The van der Waals surface area contributed by atoms with Gasteiger partial charge in [-0.3, -0.25) is 0 Å². The van der Waals surface area contributed by atoms with Gasteiger partial charge in [0.1, 0.15) is 5.75 Å². The number of hydrogen-bond donors (Lipinski definition) is 0. The Hall–Kier alpha value is -0.170. The van der Waals surface area contributed by atoms with Gasteiger partial charge in [0.25, 0.3) is 0 Å². The molecule has 6 heteroatoms. The van der Waals surface area contributed by atoms with E-state index in [1.807, 2.05) is 0 Å². The van der Waals surface area contributed by atoms with Gasteiger partial charge in [0.15, 0.2) is 0 Å². The van der Waals surface area contributed by atoms with Crippen LogP contribution in [0.25, 0.3) is 0 Å². The van der Waals surface area contributed by atoms with Crippen molar-refractivity contribution < 1.29 is 17.9 Å². The van der Waals surface area contributed by atoms with Crippen molar-refractivity contribution in [2.24, 2.45) is 0 Å². The van der Waals surface area contributed by atoms with Crippen LogP contribution in [-0.4, -0.2) is 11.0 Å². The highest BCUT2D eigenvalue weighted by Gasteiger charge is 2.31. The number of hydrogen-bond acceptors (Lipinski definition) is 1. The first-order chi connectivity index (χ1) is 7.45. The molecule has 1 aromatic carbocycles. The third-order valence-corrected chi connectivity index (χ3v) is 2.87. The molecule has 0 fully saturated rings. The van der Waals surface area contributed by atoms with Crippen molar-refractivity contribution in [3.05, 3.63) is 28.8 Å². The second-order valence-corrected chi connectivity index (χ2v) is 4.52. The fourth-order valence-corrected chi connectivity index (χ4v) is 1.51. The summed E-state index contributed by atoms with van der Waals surface area (Å²) in [4.78, 5) is 0. The number of ether oxygens (including phenoxy) is 1. The molecule has 0 atom stereocenters. The van der Waals surface area contributed by atoms with E-state index in [0.717, 1.165) is 23.0 Å². The first kappa shape index (κ1) is 13.9. The summed E-state index contributed by atoms with van der Waals surface area (Å²) in [6, 6.07) is 3.06. The van der Waals surface area contributed by atoms with E-state index < -0.39 is 11.7 Å². The Labute approximate surface area is 110 Å². The van der Waals surface area contributed by atoms with Crippen molar-refractivity contribution in [1.82, 2.24) is 0 Å². The van der Waals surface area contributed by atoms with E-state index in [0.29, 0.717) is 6.61 Å². The molecule has 0 aliphatic heterocycles. The molecule has 0 amide bonds. The van der Waals surface area contributed by atoms with Crippen LogP contribution in [0.1, 0.15) is 12.0 Å². The molecule has 0 aliphatic carbocycles. The first-order valence-corrected chi connectivity index (χ1v) is 6.41. The zero-order valence-electron chi connectivity index (χ0n) is 8.15. The quantitative estimate of drug-likeness (QED) is 0.432. The van der Waals surface area contributed by atoms with E-state index >= 15 is 0 Å². The predicted molar refractivity (Wildman–Crippen MR) is 65.5 cm³/mol. The minimum absolute atomic E-state index is 0.0846. The van der Waals surface area contributed by atoms with E-state index in [1.165, 1.54) is 6.07 Å². The lowest BCUT2D eigenvalue weighted by Crippen LogP contribution is -2.06. The van der Waals surface area contributed by atoms with Gasteiger partial charge in [0.2, 0.25) is 0 Å². The van der Waals surface area contributed by atoms with Gasteiger partial charge in [-0.05, 0) is 24.6 Å². The third kappa shape index (κ3) is 4.01. The van der Waals surface area contributed by atoms with Crippen LogP contribution in [0.3, 0.4) is 0 Å². The Balaban J connectivity index is 2.83. The lowest BCUT2D eigenvalue weighted by Gasteiger charge is -2.11. The maximum atomic E-state index is 12.4. The van der Waals surface area contributed by atoms with Gasteiger partial charge < -0.3 is 4.74 Å². The van der Waals surface area contributed by atoms with Crippen molar-refractivity contribution in [2.45, 2.75) is 12.6 Å². The summed E-state index contributed by atoms with van der Waals surface area (Å²) in [7, 11) is 0. The van der Waals surface area contributed by atoms with E-state index in [9.17, 15) is 13.2 Å². The highest BCUT2D eigenvalue weighted by Crippen LogP contribution is 2.34. The maximum absolute atomic E-state index is 12.4. The van der Waals surface area contributed by atoms with E-state index in [1.54, 1.807) is 0 Å². The summed E-state index contributed by atoms with van der Waals surface area (Å²) in [5, 5.41) is 0.196. The summed E-state index contributed by atoms with van der Waals surface area (Å²) >= 11 is 7.90. The summed E-state index contributed by atoms with van der Waals surface area (Å²) in [5.41, 5.74) is -0.749. The molecular formula is C10H9ClF3IO. The molecule has 0 aliphatic rings. The normalized spacial score (nSPS) is 11.6. The molecule has 1 rings (SSSR count). The number of halogens is 5. The molecule has 1 nitrogen and oxygen atoms in total. The van der Waals surface area contributed by atoms with E-state index in [2.05, 4.69) is 22.6 Å². The molecule has 0 bridgehead atoms. The van der Waals surface area contributed by atoms with Crippen molar-refractivity contribution in [3.63, 3.8) is 0 Å². The van der Waals surface area contributed by atoms with Crippen molar-refractivity contribution in [2.75, 3.05) is 11.0 Å². The smallest absolute Gasteiger partial charge is 0.416 e. The molecule has 0 aromatic heterocycles. The van der Waals surface area contributed by atoms with Gasteiger partial charge in [-0.25, -0.2) is 0 Å². The second kappa shape index (κ2) is 5.95.